The van der Waals surface area contributed by atoms with Crippen LogP contribution < -0.4 is 0 Å². The first-order chi connectivity index (χ1) is 7.61. The Morgan fingerprint density at radius 3 is 2.12 bits per heavy atom. The van der Waals surface area contributed by atoms with E-state index in [-0.39, 0.29) is 0 Å². The van der Waals surface area contributed by atoms with Gasteiger partial charge in [-0.25, -0.2) is 0 Å². The summed E-state index contributed by atoms with van der Waals surface area (Å²) in [5, 5.41) is 18.7. The van der Waals surface area contributed by atoms with Crippen LogP contribution in [0.25, 0.3) is 0 Å². The van der Waals surface area contributed by atoms with Crippen LogP contribution in [0.2, 0.25) is 0 Å². The van der Waals surface area contributed by atoms with Crippen LogP contribution in [0.1, 0.15) is 37.8 Å². The Morgan fingerprint density at radius 2 is 1.62 bits per heavy atom. The molecule has 0 aliphatic carbocycles. The minimum absolute atomic E-state index is 0.397. The van der Waals surface area contributed by atoms with Gasteiger partial charge in [0.25, 0.3) is 0 Å². The second-order valence-corrected chi connectivity index (χ2v) is 4.45. The van der Waals surface area contributed by atoms with E-state index in [0.717, 1.165) is 19.3 Å². The molecule has 0 bridgehead atoms. The minimum atomic E-state index is -0.419. The van der Waals surface area contributed by atoms with Gasteiger partial charge in [-0.3, -0.25) is 0 Å². The molecule has 0 aromatic heterocycles. The third kappa shape index (κ3) is 4.77. The number of aryl methyl sites for hydroxylation is 2. The van der Waals surface area contributed by atoms with Gasteiger partial charge in [0.05, 0.1) is 12.2 Å². The Balaban J connectivity index is 2.36. The predicted molar refractivity (Wildman–Crippen MR) is 66.4 cm³/mol. The number of hydrogen-bond acceptors (Lipinski definition) is 2. The van der Waals surface area contributed by atoms with E-state index in [4.69, 9.17) is 5.11 Å². The van der Waals surface area contributed by atoms with E-state index in [1.54, 1.807) is 6.92 Å². The molecule has 1 aromatic rings. The molecule has 0 saturated heterocycles. The molecule has 0 amide bonds. The van der Waals surface area contributed by atoms with Gasteiger partial charge in [-0.05, 0) is 43.7 Å². The summed E-state index contributed by atoms with van der Waals surface area (Å²) in [6.07, 6.45) is 2.30. The van der Waals surface area contributed by atoms with Crippen molar-refractivity contribution in [1.29, 1.82) is 0 Å². The van der Waals surface area contributed by atoms with Gasteiger partial charge < -0.3 is 10.2 Å². The number of aliphatic hydroxyl groups is 2. The van der Waals surface area contributed by atoms with Crippen LogP contribution in [-0.2, 0) is 12.8 Å². The maximum atomic E-state index is 9.62. The molecule has 0 aliphatic heterocycles. The topological polar surface area (TPSA) is 40.5 Å². The highest BCUT2D eigenvalue weighted by atomic mass is 16.3. The molecule has 2 nitrogen and oxygen atoms in total. The van der Waals surface area contributed by atoms with Gasteiger partial charge in [0.1, 0.15) is 0 Å². The van der Waals surface area contributed by atoms with E-state index in [0.29, 0.717) is 6.42 Å². The monoisotopic (exact) mass is 222 g/mol. The molecule has 2 heteroatoms. The molecular formula is C14H22O2. The molecule has 2 atom stereocenters. The van der Waals surface area contributed by atoms with E-state index < -0.39 is 12.2 Å². The van der Waals surface area contributed by atoms with Crippen LogP contribution in [0.3, 0.4) is 0 Å². The molecule has 0 aliphatic rings. The lowest BCUT2D eigenvalue weighted by Gasteiger charge is -2.12. The molecule has 16 heavy (non-hydrogen) atoms. The second-order valence-electron chi connectivity index (χ2n) is 4.45. The zero-order valence-corrected chi connectivity index (χ0v) is 10.2. The highest BCUT2D eigenvalue weighted by Gasteiger charge is 2.07. The molecule has 1 rings (SSSR count). The van der Waals surface area contributed by atoms with Crippen molar-refractivity contribution in [3.8, 4) is 0 Å². The summed E-state index contributed by atoms with van der Waals surface area (Å²) in [5.74, 6) is 0. The van der Waals surface area contributed by atoms with Crippen LogP contribution >= 0.6 is 0 Å². The quantitative estimate of drug-likeness (QED) is 0.775. The van der Waals surface area contributed by atoms with Crippen molar-refractivity contribution < 1.29 is 10.2 Å². The largest absolute Gasteiger partial charge is 0.393 e. The van der Waals surface area contributed by atoms with Gasteiger partial charge in [-0.1, -0.05) is 31.2 Å². The van der Waals surface area contributed by atoms with Gasteiger partial charge in [-0.2, -0.15) is 0 Å². The Bertz CT molecular complexity index is 290. The zero-order chi connectivity index (χ0) is 12.0. The fraction of sp³-hybridized carbons (Fsp3) is 0.571. The van der Waals surface area contributed by atoms with Crippen molar-refractivity contribution in [3.05, 3.63) is 35.4 Å². The zero-order valence-electron chi connectivity index (χ0n) is 10.2. The highest BCUT2D eigenvalue weighted by molar-refractivity contribution is 5.22. The lowest BCUT2D eigenvalue weighted by atomic mass is 10.0. The maximum absolute atomic E-state index is 9.62. The Kier molecular flexibility index (Phi) is 5.50. The van der Waals surface area contributed by atoms with Gasteiger partial charge in [0, 0.05) is 0 Å². The Morgan fingerprint density at radius 1 is 1.06 bits per heavy atom. The summed E-state index contributed by atoms with van der Waals surface area (Å²) in [7, 11) is 0. The molecule has 0 heterocycles. The van der Waals surface area contributed by atoms with Gasteiger partial charge >= 0.3 is 0 Å². The van der Waals surface area contributed by atoms with E-state index in [1.165, 1.54) is 11.1 Å². The van der Waals surface area contributed by atoms with Gasteiger partial charge in [0.2, 0.25) is 0 Å². The highest BCUT2D eigenvalue weighted by Crippen LogP contribution is 2.10. The number of rotatable bonds is 6. The molecule has 2 N–H and O–H groups in total. The lowest BCUT2D eigenvalue weighted by Crippen LogP contribution is -2.15. The van der Waals surface area contributed by atoms with Crippen molar-refractivity contribution in [2.75, 3.05) is 0 Å². The van der Waals surface area contributed by atoms with Crippen LogP contribution in [0.4, 0.5) is 0 Å². The van der Waals surface area contributed by atoms with E-state index >= 15 is 0 Å². The summed E-state index contributed by atoms with van der Waals surface area (Å²) in [4.78, 5) is 0. The fourth-order valence-corrected chi connectivity index (χ4v) is 1.79. The first-order valence-electron chi connectivity index (χ1n) is 6.05. The molecular weight excluding hydrogens is 200 g/mol. The van der Waals surface area contributed by atoms with Crippen molar-refractivity contribution in [1.82, 2.24) is 0 Å². The molecule has 0 radical (unpaired) electrons. The molecule has 0 saturated carbocycles. The van der Waals surface area contributed by atoms with Crippen molar-refractivity contribution in [2.24, 2.45) is 0 Å². The van der Waals surface area contributed by atoms with E-state index in [2.05, 4.69) is 31.2 Å². The average Bonchev–Trinajstić information content (AvgIpc) is 2.26. The first-order valence-corrected chi connectivity index (χ1v) is 6.05. The smallest absolute Gasteiger partial charge is 0.0567 e. The number of hydrogen-bond donors (Lipinski definition) is 2. The fourth-order valence-electron chi connectivity index (χ4n) is 1.79. The summed E-state index contributed by atoms with van der Waals surface area (Å²) in [5.41, 5.74) is 2.59. The molecule has 0 fully saturated rings. The third-order valence-electron chi connectivity index (χ3n) is 2.81. The number of benzene rings is 1. The normalized spacial score (nSPS) is 14.8. The minimum Gasteiger partial charge on any atom is -0.393 e. The van der Waals surface area contributed by atoms with Crippen LogP contribution in [0.15, 0.2) is 24.3 Å². The van der Waals surface area contributed by atoms with Crippen LogP contribution in [0, 0.1) is 0 Å². The molecule has 2 unspecified atom stereocenters. The van der Waals surface area contributed by atoms with Gasteiger partial charge in [-0.15, -0.1) is 0 Å². The summed E-state index contributed by atoms with van der Waals surface area (Å²) in [6.45, 7) is 3.85. The van der Waals surface area contributed by atoms with E-state index in [1.807, 2.05) is 0 Å². The summed E-state index contributed by atoms with van der Waals surface area (Å²) in [6, 6.07) is 8.51. The number of aliphatic hydroxyl groups excluding tert-OH is 2. The standard InChI is InChI=1S/C14H22O2/c1-3-12-4-6-13(7-5-12)8-9-14(16)10-11(2)15/h4-7,11,14-16H,3,8-10H2,1-2H3. The second kappa shape index (κ2) is 6.66. The lowest BCUT2D eigenvalue weighted by molar-refractivity contribution is 0.0854. The molecule has 1 aromatic carbocycles. The van der Waals surface area contributed by atoms with Crippen LogP contribution in [-0.4, -0.2) is 22.4 Å². The van der Waals surface area contributed by atoms with Gasteiger partial charge in [0.15, 0.2) is 0 Å². The SMILES string of the molecule is CCc1ccc(CCC(O)CC(C)O)cc1. The van der Waals surface area contributed by atoms with Crippen LogP contribution in [0.5, 0.6) is 0 Å². The summed E-state index contributed by atoms with van der Waals surface area (Å²) >= 11 is 0. The third-order valence-corrected chi connectivity index (χ3v) is 2.81. The van der Waals surface area contributed by atoms with Crippen molar-refractivity contribution >= 4 is 0 Å². The molecule has 90 valence electrons. The summed E-state index contributed by atoms with van der Waals surface area (Å²) < 4.78 is 0. The molecule has 0 spiro atoms. The van der Waals surface area contributed by atoms with Crippen molar-refractivity contribution in [3.63, 3.8) is 0 Å². The first kappa shape index (κ1) is 13.2. The van der Waals surface area contributed by atoms with Crippen molar-refractivity contribution in [2.45, 2.75) is 51.7 Å². The average molecular weight is 222 g/mol. The Hall–Kier alpha value is -0.860. The maximum Gasteiger partial charge on any atom is 0.0567 e. The Labute approximate surface area is 97.9 Å². The predicted octanol–water partition coefficient (Wildman–Crippen LogP) is 2.31. The van der Waals surface area contributed by atoms with E-state index in [9.17, 15) is 5.11 Å².